The van der Waals surface area contributed by atoms with Crippen molar-refractivity contribution in [2.45, 2.75) is 0 Å². The average Bonchev–Trinajstić information content (AvgIpc) is 3.34. The van der Waals surface area contributed by atoms with Crippen molar-refractivity contribution < 1.29 is 4.42 Å². The predicted octanol–water partition coefficient (Wildman–Crippen LogP) is 5.99. The molecule has 3 aromatic carbocycles. The molecule has 0 amide bonds. The molecule has 0 radical (unpaired) electrons. The fourth-order valence-electron chi connectivity index (χ4n) is 3.87. The maximum atomic E-state index is 5.66. The van der Waals surface area contributed by atoms with Crippen LogP contribution in [0, 0.1) is 0 Å². The topological polar surface area (TPSA) is 43.9 Å². The molecule has 6 rings (SSSR count). The normalized spacial score (nSPS) is 11.6. The third-order valence-electron chi connectivity index (χ3n) is 5.15. The maximum Gasteiger partial charge on any atom is 0.161 e. The van der Waals surface area contributed by atoms with Crippen LogP contribution in [0.3, 0.4) is 0 Å². The molecule has 6 aromatic rings. The van der Waals surface area contributed by atoms with Gasteiger partial charge in [0.1, 0.15) is 11.4 Å². The molecule has 28 heavy (non-hydrogen) atoms. The van der Waals surface area contributed by atoms with Crippen molar-refractivity contribution in [2.75, 3.05) is 0 Å². The second kappa shape index (κ2) is 5.79. The lowest BCUT2D eigenvalue weighted by Gasteiger charge is -2.08. The number of para-hydroxylation sites is 1. The van der Waals surface area contributed by atoms with E-state index in [0.717, 1.165) is 33.4 Å². The molecule has 0 atom stereocenters. The molecule has 0 spiro atoms. The van der Waals surface area contributed by atoms with Crippen molar-refractivity contribution in [2.24, 2.45) is 0 Å². The van der Waals surface area contributed by atoms with Crippen LogP contribution in [0.15, 0.2) is 95.7 Å². The SMILES string of the molecule is c1ccc(-c2nccc(-n3c4ccccc4c4cc5ccoc5cc43)n2)cc1. The molecule has 3 aromatic heterocycles. The van der Waals surface area contributed by atoms with Gasteiger partial charge in [0, 0.05) is 34.0 Å². The number of hydrogen-bond acceptors (Lipinski definition) is 3. The van der Waals surface area contributed by atoms with Crippen molar-refractivity contribution in [1.82, 2.24) is 14.5 Å². The summed E-state index contributed by atoms with van der Waals surface area (Å²) in [6.45, 7) is 0. The number of fused-ring (bicyclic) bond motifs is 4. The lowest BCUT2D eigenvalue weighted by atomic mass is 10.1. The Morgan fingerprint density at radius 2 is 1.61 bits per heavy atom. The number of aromatic nitrogens is 3. The highest BCUT2D eigenvalue weighted by Crippen LogP contribution is 2.34. The van der Waals surface area contributed by atoms with Crippen LogP contribution in [0.1, 0.15) is 0 Å². The van der Waals surface area contributed by atoms with Gasteiger partial charge in [-0.05, 0) is 24.3 Å². The predicted molar refractivity (Wildman–Crippen MR) is 112 cm³/mol. The van der Waals surface area contributed by atoms with Gasteiger partial charge in [-0.2, -0.15) is 0 Å². The van der Waals surface area contributed by atoms with E-state index >= 15 is 0 Å². The van der Waals surface area contributed by atoms with Crippen molar-refractivity contribution in [3.63, 3.8) is 0 Å². The minimum atomic E-state index is 0.711. The van der Waals surface area contributed by atoms with Gasteiger partial charge in [-0.1, -0.05) is 48.5 Å². The van der Waals surface area contributed by atoms with E-state index in [1.807, 2.05) is 48.7 Å². The standard InChI is InChI=1S/C24H15N3O/c1-2-6-16(7-3-1)24-25-12-10-23(26-24)27-20-9-5-4-8-18(20)19-14-17-11-13-28-22(17)15-21(19)27/h1-15H. The highest BCUT2D eigenvalue weighted by molar-refractivity contribution is 6.12. The molecule has 3 heterocycles. The number of hydrogen-bond donors (Lipinski definition) is 0. The minimum absolute atomic E-state index is 0.711. The van der Waals surface area contributed by atoms with Crippen molar-refractivity contribution in [1.29, 1.82) is 0 Å². The third kappa shape index (κ3) is 2.18. The molecule has 4 nitrogen and oxygen atoms in total. The quantitative estimate of drug-likeness (QED) is 0.381. The first-order chi connectivity index (χ1) is 13.9. The Kier molecular flexibility index (Phi) is 3.14. The molecule has 132 valence electrons. The summed E-state index contributed by atoms with van der Waals surface area (Å²) in [5, 5.41) is 3.48. The monoisotopic (exact) mass is 361 g/mol. The van der Waals surface area contributed by atoms with Crippen LogP contribution in [0.2, 0.25) is 0 Å². The van der Waals surface area contributed by atoms with Crippen LogP contribution >= 0.6 is 0 Å². The molecule has 0 saturated heterocycles. The van der Waals surface area contributed by atoms with Crippen molar-refractivity contribution in [3.05, 3.63) is 91.3 Å². The first-order valence-electron chi connectivity index (χ1n) is 9.18. The number of nitrogens with zero attached hydrogens (tertiary/aromatic N) is 3. The molecular weight excluding hydrogens is 346 g/mol. The van der Waals surface area contributed by atoms with Crippen LogP contribution in [0.4, 0.5) is 0 Å². The summed E-state index contributed by atoms with van der Waals surface area (Å²) in [6.07, 6.45) is 3.55. The van der Waals surface area contributed by atoms with Gasteiger partial charge in [0.25, 0.3) is 0 Å². The lowest BCUT2D eigenvalue weighted by Crippen LogP contribution is -2.00. The molecule has 0 N–H and O–H groups in total. The molecule has 0 aliphatic heterocycles. The molecule has 0 saturated carbocycles. The number of furan rings is 1. The Hall–Kier alpha value is -3.92. The zero-order chi connectivity index (χ0) is 18.5. The van der Waals surface area contributed by atoms with Crippen LogP contribution in [0.5, 0.6) is 0 Å². The van der Waals surface area contributed by atoms with Crippen LogP contribution in [-0.2, 0) is 0 Å². The summed E-state index contributed by atoms with van der Waals surface area (Å²) >= 11 is 0. The van der Waals surface area contributed by atoms with Crippen LogP contribution in [-0.4, -0.2) is 14.5 Å². The van der Waals surface area contributed by atoms with Gasteiger partial charge in [0.15, 0.2) is 5.82 Å². The molecule has 0 aliphatic carbocycles. The molecule has 0 aliphatic rings. The minimum Gasteiger partial charge on any atom is -0.464 e. The van der Waals surface area contributed by atoms with Gasteiger partial charge >= 0.3 is 0 Å². The van der Waals surface area contributed by atoms with E-state index in [1.165, 1.54) is 10.8 Å². The van der Waals surface area contributed by atoms with E-state index in [9.17, 15) is 0 Å². The molecular formula is C24H15N3O. The Morgan fingerprint density at radius 1 is 0.750 bits per heavy atom. The second-order valence-corrected chi connectivity index (χ2v) is 6.78. The van der Waals surface area contributed by atoms with E-state index in [4.69, 9.17) is 9.40 Å². The maximum absolute atomic E-state index is 5.66. The Bertz CT molecular complexity index is 1460. The van der Waals surface area contributed by atoms with Crippen LogP contribution in [0.25, 0.3) is 50.0 Å². The zero-order valence-corrected chi connectivity index (χ0v) is 14.9. The summed E-state index contributed by atoms with van der Waals surface area (Å²) < 4.78 is 7.84. The largest absolute Gasteiger partial charge is 0.464 e. The average molecular weight is 361 g/mol. The van der Waals surface area contributed by atoms with E-state index in [-0.39, 0.29) is 0 Å². The number of rotatable bonds is 2. The second-order valence-electron chi connectivity index (χ2n) is 6.78. The highest BCUT2D eigenvalue weighted by Gasteiger charge is 2.15. The van der Waals surface area contributed by atoms with Gasteiger partial charge in [0.05, 0.1) is 17.3 Å². The fourth-order valence-corrected chi connectivity index (χ4v) is 3.87. The summed E-state index contributed by atoms with van der Waals surface area (Å²) in [7, 11) is 0. The Labute approximate surface area is 160 Å². The summed E-state index contributed by atoms with van der Waals surface area (Å²) in [5.41, 5.74) is 4.05. The fraction of sp³-hybridized carbons (Fsp3) is 0. The summed E-state index contributed by atoms with van der Waals surface area (Å²) in [4.78, 5) is 9.35. The first kappa shape index (κ1) is 15.2. The number of benzene rings is 3. The smallest absolute Gasteiger partial charge is 0.161 e. The molecule has 0 bridgehead atoms. The van der Waals surface area contributed by atoms with E-state index < -0.39 is 0 Å². The van der Waals surface area contributed by atoms with Gasteiger partial charge in [0.2, 0.25) is 0 Å². The highest BCUT2D eigenvalue weighted by atomic mass is 16.3. The molecule has 4 heteroatoms. The first-order valence-corrected chi connectivity index (χ1v) is 9.18. The van der Waals surface area contributed by atoms with Gasteiger partial charge in [-0.25, -0.2) is 9.97 Å². The van der Waals surface area contributed by atoms with E-state index in [2.05, 4.69) is 45.9 Å². The third-order valence-corrected chi connectivity index (χ3v) is 5.15. The van der Waals surface area contributed by atoms with Gasteiger partial charge < -0.3 is 4.42 Å². The molecule has 0 unspecified atom stereocenters. The summed E-state index contributed by atoms with van der Waals surface area (Å²) in [6, 6.07) is 26.7. The molecule has 0 fully saturated rings. The zero-order valence-electron chi connectivity index (χ0n) is 14.9. The summed E-state index contributed by atoms with van der Waals surface area (Å²) in [5.74, 6) is 1.55. The van der Waals surface area contributed by atoms with Crippen LogP contribution < -0.4 is 0 Å². The van der Waals surface area contributed by atoms with Gasteiger partial charge in [-0.15, -0.1) is 0 Å². The Morgan fingerprint density at radius 3 is 2.54 bits per heavy atom. The van der Waals surface area contributed by atoms with E-state index in [1.54, 1.807) is 6.26 Å². The van der Waals surface area contributed by atoms with Gasteiger partial charge in [-0.3, -0.25) is 4.57 Å². The van der Waals surface area contributed by atoms with Crippen molar-refractivity contribution in [3.8, 4) is 17.2 Å². The van der Waals surface area contributed by atoms with Crippen molar-refractivity contribution >= 4 is 32.8 Å². The lowest BCUT2D eigenvalue weighted by molar-refractivity contribution is 0.616. The van der Waals surface area contributed by atoms with E-state index in [0.29, 0.717) is 5.82 Å². The Balaban J connectivity index is 1.69.